The molecule has 84 valence electrons. The molecule has 2 N–H and O–H groups in total. The molecule has 0 radical (unpaired) electrons. The van der Waals surface area contributed by atoms with Crippen LogP contribution in [0, 0.1) is 11.3 Å². The van der Waals surface area contributed by atoms with Crippen LogP contribution in [-0.4, -0.2) is 23.7 Å². The zero-order valence-electron chi connectivity index (χ0n) is 9.92. The summed E-state index contributed by atoms with van der Waals surface area (Å²) in [7, 11) is 0. The molecule has 0 aromatic heterocycles. The van der Waals surface area contributed by atoms with Crippen molar-refractivity contribution in [2.45, 2.75) is 47.1 Å². The molecule has 0 heterocycles. The Morgan fingerprint density at radius 3 is 2.14 bits per heavy atom. The van der Waals surface area contributed by atoms with E-state index in [-0.39, 0.29) is 24.0 Å². The first-order valence-corrected chi connectivity index (χ1v) is 5.21. The number of carbonyl (C=O) groups is 1. The molecule has 0 aliphatic heterocycles. The summed E-state index contributed by atoms with van der Waals surface area (Å²) in [6, 6.07) is 0.0757. The number of carbonyl (C=O) groups excluding carboxylic acids is 1. The monoisotopic (exact) mass is 201 g/mol. The summed E-state index contributed by atoms with van der Waals surface area (Å²) in [5.41, 5.74) is -0.359. The Balaban J connectivity index is 4.24. The van der Waals surface area contributed by atoms with Crippen molar-refractivity contribution in [2.75, 3.05) is 6.61 Å². The Kier molecular flexibility index (Phi) is 5.13. The van der Waals surface area contributed by atoms with Gasteiger partial charge in [-0.2, -0.15) is 0 Å². The Morgan fingerprint density at radius 1 is 1.36 bits per heavy atom. The predicted octanol–water partition coefficient (Wildman–Crippen LogP) is 1.56. The average molecular weight is 201 g/mol. The summed E-state index contributed by atoms with van der Waals surface area (Å²) < 4.78 is 0. The van der Waals surface area contributed by atoms with Gasteiger partial charge in [-0.05, 0) is 12.3 Å². The second-order valence-corrected chi connectivity index (χ2v) is 5.09. The molecule has 1 atom stereocenters. The van der Waals surface area contributed by atoms with Crippen LogP contribution in [-0.2, 0) is 4.79 Å². The Bertz CT molecular complexity index is 182. The Labute approximate surface area is 86.9 Å². The van der Waals surface area contributed by atoms with Gasteiger partial charge in [-0.15, -0.1) is 0 Å². The van der Waals surface area contributed by atoms with Crippen molar-refractivity contribution in [3.63, 3.8) is 0 Å². The lowest BCUT2D eigenvalue weighted by Crippen LogP contribution is -2.44. The van der Waals surface area contributed by atoms with Crippen LogP contribution in [0.5, 0.6) is 0 Å². The lowest BCUT2D eigenvalue weighted by atomic mass is 9.93. The van der Waals surface area contributed by atoms with Gasteiger partial charge in [0.05, 0.1) is 0 Å². The fourth-order valence-electron chi connectivity index (χ4n) is 1.10. The summed E-state index contributed by atoms with van der Waals surface area (Å²) >= 11 is 0. The van der Waals surface area contributed by atoms with Crippen LogP contribution in [0.25, 0.3) is 0 Å². The number of rotatable bonds is 4. The highest BCUT2D eigenvalue weighted by atomic mass is 16.3. The van der Waals surface area contributed by atoms with Gasteiger partial charge in [0, 0.05) is 18.1 Å². The molecular weight excluding hydrogens is 178 g/mol. The zero-order valence-corrected chi connectivity index (χ0v) is 9.92. The third-order valence-electron chi connectivity index (χ3n) is 2.24. The van der Waals surface area contributed by atoms with Crippen LogP contribution in [0.2, 0.25) is 0 Å². The van der Waals surface area contributed by atoms with E-state index in [0.717, 1.165) is 0 Å². The molecule has 0 aromatic carbocycles. The Morgan fingerprint density at radius 2 is 1.86 bits per heavy atom. The first kappa shape index (κ1) is 13.4. The van der Waals surface area contributed by atoms with Crippen LogP contribution in [0.1, 0.15) is 41.0 Å². The highest BCUT2D eigenvalue weighted by Crippen LogP contribution is 2.15. The number of hydrogen-bond acceptors (Lipinski definition) is 2. The van der Waals surface area contributed by atoms with Gasteiger partial charge in [0.2, 0.25) is 5.91 Å². The molecule has 0 aliphatic rings. The standard InChI is InChI=1S/C11H23NO2/c1-8(2)9(6-7-13)12-10(14)11(3,4)5/h8-9,13H,6-7H2,1-5H3,(H,12,14). The van der Waals surface area contributed by atoms with E-state index in [1.54, 1.807) is 0 Å². The van der Waals surface area contributed by atoms with Crippen molar-refractivity contribution < 1.29 is 9.90 Å². The Hall–Kier alpha value is -0.570. The minimum absolute atomic E-state index is 0.0460. The first-order chi connectivity index (χ1) is 6.29. The van der Waals surface area contributed by atoms with Crippen LogP contribution < -0.4 is 5.32 Å². The first-order valence-electron chi connectivity index (χ1n) is 5.21. The average Bonchev–Trinajstić information content (AvgIpc) is 2.01. The molecule has 0 saturated heterocycles. The van der Waals surface area contributed by atoms with E-state index in [1.165, 1.54) is 0 Å². The van der Waals surface area contributed by atoms with E-state index in [4.69, 9.17) is 5.11 Å². The fraction of sp³-hybridized carbons (Fsp3) is 0.909. The van der Waals surface area contributed by atoms with E-state index in [9.17, 15) is 4.79 Å². The van der Waals surface area contributed by atoms with Crippen LogP contribution in [0.4, 0.5) is 0 Å². The summed E-state index contributed by atoms with van der Waals surface area (Å²) in [6.07, 6.45) is 0.624. The van der Waals surface area contributed by atoms with E-state index >= 15 is 0 Å². The van der Waals surface area contributed by atoms with Crippen molar-refractivity contribution in [3.8, 4) is 0 Å². The van der Waals surface area contributed by atoms with Crippen molar-refractivity contribution in [2.24, 2.45) is 11.3 Å². The van der Waals surface area contributed by atoms with Gasteiger partial charge in [-0.25, -0.2) is 0 Å². The zero-order chi connectivity index (χ0) is 11.4. The number of amides is 1. The van der Waals surface area contributed by atoms with Gasteiger partial charge in [0.1, 0.15) is 0 Å². The summed E-state index contributed by atoms with van der Waals surface area (Å²) in [6.45, 7) is 9.87. The maximum absolute atomic E-state index is 11.7. The van der Waals surface area contributed by atoms with Crippen LogP contribution >= 0.6 is 0 Å². The molecule has 1 unspecified atom stereocenters. The molecule has 0 aromatic rings. The summed E-state index contributed by atoms with van der Waals surface area (Å²) in [4.78, 5) is 11.7. The lowest BCUT2D eigenvalue weighted by molar-refractivity contribution is -0.129. The van der Waals surface area contributed by atoms with Crippen LogP contribution in [0.3, 0.4) is 0 Å². The minimum Gasteiger partial charge on any atom is -0.396 e. The van der Waals surface area contributed by atoms with Crippen molar-refractivity contribution in [1.82, 2.24) is 5.32 Å². The third kappa shape index (κ3) is 4.61. The fourth-order valence-corrected chi connectivity index (χ4v) is 1.10. The van der Waals surface area contributed by atoms with Crippen molar-refractivity contribution >= 4 is 5.91 Å². The smallest absolute Gasteiger partial charge is 0.225 e. The SMILES string of the molecule is CC(C)C(CCO)NC(=O)C(C)(C)C. The topological polar surface area (TPSA) is 49.3 Å². The maximum atomic E-state index is 11.7. The van der Waals surface area contributed by atoms with E-state index < -0.39 is 0 Å². The normalized spacial score (nSPS) is 14.2. The van der Waals surface area contributed by atoms with E-state index in [2.05, 4.69) is 5.32 Å². The third-order valence-corrected chi connectivity index (χ3v) is 2.24. The highest BCUT2D eigenvalue weighted by molar-refractivity contribution is 5.81. The van der Waals surface area contributed by atoms with Gasteiger partial charge in [0.15, 0.2) is 0 Å². The molecule has 14 heavy (non-hydrogen) atoms. The van der Waals surface area contributed by atoms with Crippen molar-refractivity contribution in [3.05, 3.63) is 0 Å². The minimum atomic E-state index is -0.359. The predicted molar refractivity (Wildman–Crippen MR) is 57.9 cm³/mol. The molecule has 3 heteroatoms. The van der Waals surface area contributed by atoms with Crippen LogP contribution in [0.15, 0.2) is 0 Å². The molecule has 0 aliphatic carbocycles. The summed E-state index contributed by atoms with van der Waals surface area (Å²) in [5, 5.41) is 11.8. The quantitative estimate of drug-likeness (QED) is 0.725. The highest BCUT2D eigenvalue weighted by Gasteiger charge is 2.24. The molecule has 3 nitrogen and oxygen atoms in total. The number of hydrogen-bond donors (Lipinski definition) is 2. The summed E-state index contributed by atoms with van der Waals surface area (Å²) in [5.74, 6) is 0.401. The van der Waals surface area contributed by atoms with Gasteiger partial charge >= 0.3 is 0 Å². The molecule has 0 bridgehead atoms. The van der Waals surface area contributed by atoms with Gasteiger partial charge < -0.3 is 10.4 Å². The van der Waals surface area contributed by atoms with Crippen molar-refractivity contribution in [1.29, 1.82) is 0 Å². The number of aliphatic hydroxyl groups is 1. The maximum Gasteiger partial charge on any atom is 0.225 e. The van der Waals surface area contributed by atoms with E-state index in [0.29, 0.717) is 12.3 Å². The van der Waals surface area contributed by atoms with Gasteiger partial charge in [-0.1, -0.05) is 34.6 Å². The van der Waals surface area contributed by atoms with E-state index in [1.807, 2.05) is 34.6 Å². The molecule has 0 fully saturated rings. The molecule has 1 amide bonds. The van der Waals surface area contributed by atoms with Gasteiger partial charge in [-0.3, -0.25) is 4.79 Å². The number of nitrogens with one attached hydrogen (secondary N) is 1. The second-order valence-electron chi connectivity index (χ2n) is 5.09. The van der Waals surface area contributed by atoms with Gasteiger partial charge in [0.25, 0.3) is 0 Å². The molecular formula is C11H23NO2. The molecule has 0 spiro atoms. The molecule has 0 saturated carbocycles. The lowest BCUT2D eigenvalue weighted by Gasteiger charge is -2.26. The largest absolute Gasteiger partial charge is 0.396 e. The second kappa shape index (κ2) is 5.35. The molecule has 0 rings (SSSR count). The number of aliphatic hydroxyl groups excluding tert-OH is 1.